The van der Waals surface area contributed by atoms with Gasteiger partial charge in [-0.15, -0.1) is 0 Å². The zero-order valence-electron chi connectivity index (χ0n) is 10.4. The van der Waals surface area contributed by atoms with Gasteiger partial charge in [0, 0.05) is 17.9 Å². The number of carbonyl (C=O) groups is 3. The average molecular weight is 260 g/mol. The van der Waals surface area contributed by atoms with Crippen molar-refractivity contribution >= 4 is 35.3 Å². The smallest absolute Gasteiger partial charge is 0.550 e. The van der Waals surface area contributed by atoms with Crippen LogP contribution in [0.4, 0.5) is 0 Å². The van der Waals surface area contributed by atoms with Gasteiger partial charge in [-0.05, 0) is 19.8 Å². The Hall–Kier alpha value is -1.06. The first-order chi connectivity index (χ1) is 7.27. The first-order valence-electron chi connectivity index (χ1n) is 4.85. The summed E-state index contributed by atoms with van der Waals surface area (Å²) in [5, 5.41) is 27.9. The van der Waals surface area contributed by atoms with Gasteiger partial charge in [0.2, 0.25) is 0 Å². The van der Waals surface area contributed by atoms with E-state index in [1.165, 1.54) is 0 Å². The number of aliphatic carboxylic acids is 3. The number of hydrogen-bond donors (Lipinski definition) is 0. The Morgan fingerprint density at radius 1 is 0.824 bits per heavy atom. The molecule has 0 bridgehead atoms. The first kappa shape index (κ1) is 25.0. The van der Waals surface area contributed by atoms with Crippen molar-refractivity contribution in [2.75, 3.05) is 0 Å². The standard InChI is InChI=1S/2C4H8O2.C2H4O2.Al/c2*1-2-3-4(5)6;1-2(3)4;/h2*2-3H2,1H3,(H,5,6);1H3,(H,3,4);/q;;;+3/p-3. The van der Waals surface area contributed by atoms with Gasteiger partial charge in [-0.3, -0.25) is 0 Å². The van der Waals surface area contributed by atoms with Crippen molar-refractivity contribution in [1.82, 2.24) is 0 Å². The summed E-state index contributed by atoms with van der Waals surface area (Å²) in [6, 6.07) is 0. The molecular formula is C10H17AlO6. The third-order valence-electron chi connectivity index (χ3n) is 0.908. The number of carboxylic acids is 3. The number of hydrogen-bond acceptors (Lipinski definition) is 6. The minimum atomic E-state index is -1.08. The summed E-state index contributed by atoms with van der Waals surface area (Å²) in [4.78, 5) is 27.9. The third kappa shape index (κ3) is 102. The van der Waals surface area contributed by atoms with Crippen LogP contribution in [0.15, 0.2) is 0 Å². The largest absolute Gasteiger partial charge is 3.00 e. The van der Waals surface area contributed by atoms with E-state index in [9.17, 15) is 19.8 Å². The zero-order chi connectivity index (χ0) is 13.6. The molecule has 17 heavy (non-hydrogen) atoms. The molecule has 6 nitrogen and oxygen atoms in total. The monoisotopic (exact) mass is 260 g/mol. The predicted octanol–water partition coefficient (Wildman–Crippen LogP) is -2.55. The summed E-state index contributed by atoms with van der Waals surface area (Å²) < 4.78 is 0. The molecule has 0 heterocycles. The van der Waals surface area contributed by atoms with Crippen molar-refractivity contribution in [2.45, 2.75) is 46.5 Å². The molecule has 0 atom stereocenters. The maximum Gasteiger partial charge on any atom is 3.00 e. The van der Waals surface area contributed by atoms with Crippen molar-refractivity contribution in [3.05, 3.63) is 0 Å². The van der Waals surface area contributed by atoms with Crippen molar-refractivity contribution in [3.63, 3.8) is 0 Å². The van der Waals surface area contributed by atoms with Gasteiger partial charge in [0.15, 0.2) is 0 Å². The fourth-order valence-corrected chi connectivity index (χ4v) is 0.408. The molecule has 0 saturated carbocycles. The Bertz CT molecular complexity index is 185. The molecule has 0 aromatic carbocycles. The van der Waals surface area contributed by atoms with Crippen LogP contribution in [0.3, 0.4) is 0 Å². The summed E-state index contributed by atoms with van der Waals surface area (Å²) >= 11 is 0. The summed E-state index contributed by atoms with van der Waals surface area (Å²) in [7, 11) is 0. The number of carboxylic acid groups (broad SMARTS) is 3. The van der Waals surface area contributed by atoms with Gasteiger partial charge in [0.25, 0.3) is 0 Å². The predicted molar refractivity (Wildman–Crippen MR) is 56.3 cm³/mol. The Balaban J connectivity index is -0.0000000741. The summed E-state index contributed by atoms with van der Waals surface area (Å²) in [6.45, 7) is 4.58. The van der Waals surface area contributed by atoms with Crippen LogP contribution in [0.5, 0.6) is 0 Å². The molecule has 0 aromatic rings. The molecule has 0 N–H and O–H groups in total. The SMILES string of the molecule is CC(=O)[O-].CCCC(=O)[O-].CCCC(=O)[O-].[Al+3]. The van der Waals surface area contributed by atoms with Gasteiger partial charge < -0.3 is 29.7 Å². The van der Waals surface area contributed by atoms with E-state index in [1.54, 1.807) is 13.8 Å². The molecule has 0 spiro atoms. The molecule has 0 aliphatic rings. The fraction of sp³-hybridized carbons (Fsp3) is 0.700. The van der Waals surface area contributed by atoms with Crippen molar-refractivity contribution < 1.29 is 29.7 Å². The first-order valence-corrected chi connectivity index (χ1v) is 4.85. The van der Waals surface area contributed by atoms with E-state index in [0.29, 0.717) is 12.8 Å². The molecule has 0 aromatic heterocycles. The average Bonchev–Trinajstić information content (AvgIpc) is 2.02. The van der Waals surface area contributed by atoms with Crippen molar-refractivity contribution in [2.24, 2.45) is 0 Å². The van der Waals surface area contributed by atoms with E-state index >= 15 is 0 Å². The van der Waals surface area contributed by atoms with Crippen molar-refractivity contribution in [3.8, 4) is 0 Å². The minimum absolute atomic E-state index is 0. The van der Waals surface area contributed by atoms with Gasteiger partial charge >= 0.3 is 17.4 Å². The molecular weight excluding hydrogens is 243 g/mol. The van der Waals surface area contributed by atoms with Gasteiger partial charge in [-0.2, -0.15) is 0 Å². The normalized spacial score (nSPS) is 7.24. The molecule has 0 aliphatic heterocycles. The summed E-state index contributed by atoms with van der Waals surface area (Å²) in [6.07, 6.45) is 1.70. The van der Waals surface area contributed by atoms with Crippen LogP contribution in [0, 0.1) is 0 Å². The van der Waals surface area contributed by atoms with Crippen molar-refractivity contribution in [1.29, 1.82) is 0 Å². The van der Waals surface area contributed by atoms with E-state index in [1.807, 2.05) is 0 Å². The number of carbonyl (C=O) groups excluding carboxylic acids is 3. The molecule has 0 unspecified atom stereocenters. The molecule has 0 amide bonds. The molecule has 7 heteroatoms. The van der Waals surface area contributed by atoms with E-state index in [4.69, 9.17) is 9.90 Å². The van der Waals surface area contributed by atoms with Crippen LogP contribution in [0.2, 0.25) is 0 Å². The van der Waals surface area contributed by atoms with Gasteiger partial charge in [0.1, 0.15) is 0 Å². The molecule has 0 radical (unpaired) electrons. The maximum atomic E-state index is 9.49. The maximum absolute atomic E-state index is 9.49. The van der Waals surface area contributed by atoms with E-state index in [2.05, 4.69) is 0 Å². The van der Waals surface area contributed by atoms with Gasteiger partial charge in [0.05, 0.1) is 0 Å². The van der Waals surface area contributed by atoms with Crippen LogP contribution in [0.1, 0.15) is 46.5 Å². The summed E-state index contributed by atoms with van der Waals surface area (Å²) in [5.41, 5.74) is 0. The second kappa shape index (κ2) is 20.4. The molecule has 0 saturated heterocycles. The molecule has 0 fully saturated rings. The second-order valence-corrected chi connectivity index (χ2v) is 2.74. The topological polar surface area (TPSA) is 120 Å². The quantitative estimate of drug-likeness (QED) is 0.513. The van der Waals surface area contributed by atoms with Crippen LogP contribution < -0.4 is 15.3 Å². The Labute approximate surface area is 112 Å². The van der Waals surface area contributed by atoms with E-state index < -0.39 is 17.9 Å². The van der Waals surface area contributed by atoms with Gasteiger partial charge in [-0.25, -0.2) is 0 Å². The Kier molecular flexibility index (Phi) is 29.9. The zero-order valence-corrected chi connectivity index (χ0v) is 11.5. The number of rotatable bonds is 4. The summed E-state index contributed by atoms with van der Waals surface area (Å²) in [5.74, 6) is -3.00. The Morgan fingerprint density at radius 3 is 1.00 bits per heavy atom. The minimum Gasteiger partial charge on any atom is -0.550 e. The van der Waals surface area contributed by atoms with Gasteiger partial charge in [-0.1, -0.05) is 26.7 Å². The van der Waals surface area contributed by atoms with Crippen LogP contribution >= 0.6 is 0 Å². The van der Waals surface area contributed by atoms with E-state index in [0.717, 1.165) is 6.92 Å². The van der Waals surface area contributed by atoms with Crippen LogP contribution in [-0.2, 0) is 14.4 Å². The fourth-order valence-electron chi connectivity index (χ4n) is 0.408. The molecule has 96 valence electrons. The molecule has 0 aliphatic carbocycles. The van der Waals surface area contributed by atoms with Crippen LogP contribution in [0.25, 0.3) is 0 Å². The Morgan fingerprint density at radius 2 is 1.00 bits per heavy atom. The van der Waals surface area contributed by atoms with E-state index in [-0.39, 0.29) is 30.2 Å². The van der Waals surface area contributed by atoms with Crippen LogP contribution in [-0.4, -0.2) is 35.3 Å². The second-order valence-electron chi connectivity index (χ2n) is 2.74. The molecule has 0 rings (SSSR count). The third-order valence-corrected chi connectivity index (χ3v) is 0.908.